The van der Waals surface area contributed by atoms with Crippen molar-refractivity contribution in [1.29, 1.82) is 0 Å². The molecule has 0 spiro atoms. The van der Waals surface area contributed by atoms with E-state index in [1.807, 2.05) is 0 Å². The molecule has 4 saturated carbocycles. The van der Waals surface area contributed by atoms with Gasteiger partial charge in [-0.2, -0.15) is 0 Å². The standard InChI is InChI=1S/C30H42O5/c1-29-15-13-25-22(8-5-20-17-21(31)12-14-30(20,25)2)24(29)9-6-19(29)7-11-26(32)18-4-10-27(33)23(16-18)28(34)35-3/h4,10,16,19-20,22,24-26,32-33H,5-9,11-15,17H2,1-3H3/t19?,20?,22-,24-,25+,26?,29+,30-/m0/s1. The van der Waals surface area contributed by atoms with Crippen LogP contribution in [0.25, 0.3) is 0 Å². The van der Waals surface area contributed by atoms with Crippen LogP contribution in [0.5, 0.6) is 5.75 Å². The summed E-state index contributed by atoms with van der Waals surface area (Å²) < 4.78 is 4.76. The van der Waals surface area contributed by atoms with E-state index in [-0.39, 0.29) is 11.3 Å². The van der Waals surface area contributed by atoms with Gasteiger partial charge in [0.2, 0.25) is 0 Å². The fourth-order valence-corrected chi connectivity index (χ4v) is 9.19. The second-order valence-corrected chi connectivity index (χ2v) is 12.6. The second-order valence-electron chi connectivity index (χ2n) is 12.6. The van der Waals surface area contributed by atoms with Gasteiger partial charge in [0, 0.05) is 12.8 Å². The van der Waals surface area contributed by atoms with Gasteiger partial charge in [0.1, 0.15) is 17.1 Å². The monoisotopic (exact) mass is 482 g/mol. The van der Waals surface area contributed by atoms with Crippen molar-refractivity contribution in [3.63, 3.8) is 0 Å². The van der Waals surface area contributed by atoms with Gasteiger partial charge in [0.15, 0.2) is 0 Å². The molecule has 8 atom stereocenters. The lowest BCUT2D eigenvalue weighted by molar-refractivity contribution is -0.139. The molecule has 0 saturated heterocycles. The first-order chi connectivity index (χ1) is 16.7. The summed E-state index contributed by atoms with van der Waals surface area (Å²) in [5.74, 6) is 3.30. The number of ketones is 1. The average molecular weight is 483 g/mol. The van der Waals surface area contributed by atoms with Gasteiger partial charge in [0.05, 0.1) is 13.2 Å². The van der Waals surface area contributed by atoms with E-state index in [0.29, 0.717) is 40.4 Å². The number of carbonyl (C=O) groups is 2. The smallest absolute Gasteiger partial charge is 0.341 e. The maximum absolute atomic E-state index is 12.2. The molecule has 1 aromatic carbocycles. The number of hydrogen-bond acceptors (Lipinski definition) is 5. The molecule has 5 rings (SSSR count). The van der Waals surface area contributed by atoms with Crippen LogP contribution < -0.4 is 0 Å². The zero-order valence-corrected chi connectivity index (χ0v) is 21.6. The number of phenols is 1. The zero-order valence-electron chi connectivity index (χ0n) is 21.6. The lowest BCUT2D eigenvalue weighted by Crippen LogP contribution is -2.53. The van der Waals surface area contributed by atoms with E-state index in [0.717, 1.165) is 43.4 Å². The number of Topliss-reactive ketones (excluding diaryl/α,β-unsaturated/α-hetero) is 1. The van der Waals surface area contributed by atoms with Gasteiger partial charge in [-0.1, -0.05) is 19.9 Å². The second kappa shape index (κ2) is 9.21. The fraction of sp³-hybridized carbons (Fsp3) is 0.733. The molecule has 35 heavy (non-hydrogen) atoms. The van der Waals surface area contributed by atoms with Crippen molar-refractivity contribution in [1.82, 2.24) is 0 Å². The van der Waals surface area contributed by atoms with Crippen molar-refractivity contribution in [3.05, 3.63) is 29.3 Å². The summed E-state index contributed by atoms with van der Waals surface area (Å²) in [6, 6.07) is 4.73. The van der Waals surface area contributed by atoms with E-state index >= 15 is 0 Å². The molecular formula is C30H42O5. The Morgan fingerprint density at radius 1 is 1.09 bits per heavy atom. The molecule has 0 aliphatic heterocycles. The minimum atomic E-state index is -0.660. The van der Waals surface area contributed by atoms with Crippen molar-refractivity contribution in [2.45, 2.75) is 90.6 Å². The maximum Gasteiger partial charge on any atom is 0.341 e. The molecule has 1 aromatic rings. The van der Waals surface area contributed by atoms with Crippen molar-refractivity contribution in [2.75, 3.05) is 7.11 Å². The molecule has 3 unspecified atom stereocenters. The Kier molecular flexibility index (Phi) is 6.52. The Balaban J connectivity index is 1.26. The highest BCUT2D eigenvalue weighted by Gasteiger charge is 2.59. The predicted octanol–water partition coefficient (Wildman–Crippen LogP) is 6.22. The Labute approximate surface area is 209 Å². The Morgan fingerprint density at radius 2 is 1.86 bits per heavy atom. The SMILES string of the molecule is COC(=O)c1cc(C(O)CCC2CC[C@H]3[C@@H]4CCC5CC(=O)CC[C@]5(C)[C@@H]4CC[C@]23C)ccc1O. The molecule has 0 heterocycles. The summed E-state index contributed by atoms with van der Waals surface area (Å²) in [5, 5.41) is 20.9. The number of methoxy groups -OCH3 is 1. The van der Waals surface area contributed by atoms with Crippen LogP contribution in [-0.4, -0.2) is 29.1 Å². The van der Waals surface area contributed by atoms with E-state index < -0.39 is 12.1 Å². The average Bonchev–Trinajstić information content (AvgIpc) is 3.19. The molecule has 5 heteroatoms. The Morgan fingerprint density at radius 3 is 2.63 bits per heavy atom. The van der Waals surface area contributed by atoms with E-state index in [1.165, 1.54) is 51.7 Å². The van der Waals surface area contributed by atoms with Crippen LogP contribution in [0.4, 0.5) is 0 Å². The van der Waals surface area contributed by atoms with Gasteiger partial charge in [-0.25, -0.2) is 4.79 Å². The van der Waals surface area contributed by atoms with Gasteiger partial charge in [-0.15, -0.1) is 0 Å². The summed E-state index contributed by atoms with van der Waals surface area (Å²) >= 11 is 0. The Bertz CT molecular complexity index is 987. The summed E-state index contributed by atoms with van der Waals surface area (Å²) in [7, 11) is 1.29. The molecule has 0 amide bonds. The van der Waals surface area contributed by atoms with Crippen LogP contribution in [0, 0.1) is 40.4 Å². The molecule has 0 radical (unpaired) electrons. The third kappa shape index (κ3) is 4.12. The predicted molar refractivity (Wildman–Crippen MR) is 134 cm³/mol. The van der Waals surface area contributed by atoms with Gasteiger partial charge in [-0.3, -0.25) is 4.79 Å². The third-order valence-corrected chi connectivity index (χ3v) is 11.3. The van der Waals surface area contributed by atoms with Gasteiger partial charge in [-0.05, 0) is 116 Å². The highest BCUT2D eigenvalue weighted by atomic mass is 16.5. The molecule has 4 fully saturated rings. The Hall–Kier alpha value is -1.88. The number of aliphatic hydroxyl groups excluding tert-OH is 1. The van der Waals surface area contributed by atoms with Crippen molar-refractivity contribution in [2.24, 2.45) is 40.4 Å². The molecule has 0 bridgehead atoms. The molecule has 4 aliphatic carbocycles. The topological polar surface area (TPSA) is 83.8 Å². The number of fused-ring (bicyclic) bond motifs is 5. The summed E-state index contributed by atoms with van der Waals surface area (Å²) in [5.41, 5.74) is 1.44. The fourth-order valence-electron chi connectivity index (χ4n) is 9.19. The number of benzene rings is 1. The summed E-state index contributed by atoms with van der Waals surface area (Å²) in [6.45, 7) is 5.03. The van der Waals surface area contributed by atoms with E-state index in [4.69, 9.17) is 4.74 Å². The number of ether oxygens (including phenoxy) is 1. The van der Waals surface area contributed by atoms with Crippen molar-refractivity contribution in [3.8, 4) is 5.75 Å². The zero-order chi connectivity index (χ0) is 25.0. The van der Waals surface area contributed by atoms with Gasteiger partial charge in [0.25, 0.3) is 0 Å². The molecule has 0 aromatic heterocycles. The first-order valence-electron chi connectivity index (χ1n) is 13.8. The van der Waals surface area contributed by atoms with Crippen LogP contribution >= 0.6 is 0 Å². The first kappa shape index (κ1) is 24.8. The molecule has 5 nitrogen and oxygen atoms in total. The minimum absolute atomic E-state index is 0.101. The van der Waals surface area contributed by atoms with Gasteiger partial charge >= 0.3 is 5.97 Å². The van der Waals surface area contributed by atoms with Crippen molar-refractivity contribution < 1.29 is 24.5 Å². The van der Waals surface area contributed by atoms with Crippen molar-refractivity contribution >= 4 is 11.8 Å². The van der Waals surface area contributed by atoms with E-state index in [9.17, 15) is 19.8 Å². The van der Waals surface area contributed by atoms with E-state index in [1.54, 1.807) is 12.1 Å². The largest absolute Gasteiger partial charge is 0.507 e. The van der Waals surface area contributed by atoms with Gasteiger partial charge < -0.3 is 14.9 Å². The highest BCUT2D eigenvalue weighted by molar-refractivity contribution is 5.92. The number of esters is 1. The van der Waals surface area contributed by atoms with Crippen LogP contribution in [0.2, 0.25) is 0 Å². The molecule has 192 valence electrons. The quantitative estimate of drug-likeness (QED) is 0.487. The van der Waals surface area contributed by atoms with E-state index in [2.05, 4.69) is 13.8 Å². The van der Waals surface area contributed by atoms with Crippen LogP contribution in [0.1, 0.15) is 107 Å². The normalized spacial score (nSPS) is 39.3. The number of carbonyl (C=O) groups excluding carboxylic acids is 2. The first-order valence-corrected chi connectivity index (χ1v) is 13.8. The minimum Gasteiger partial charge on any atom is -0.507 e. The summed E-state index contributed by atoms with van der Waals surface area (Å²) in [4.78, 5) is 24.1. The lowest BCUT2D eigenvalue weighted by atomic mass is 9.44. The maximum atomic E-state index is 12.2. The number of aliphatic hydroxyl groups is 1. The van der Waals surface area contributed by atoms with Crippen LogP contribution in [0.3, 0.4) is 0 Å². The lowest BCUT2D eigenvalue weighted by Gasteiger charge is -2.60. The molecule has 2 N–H and O–H groups in total. The number of rotatable bonds is 5. The summed E-state index contributed by atoms with van der Waals surface area (Å²) in [6.07, 6.45) is 11.3. The molecular weight excluding hydrogens is 440 g/mol. The number of hydrogen-bond donors (Lipinski definition) is 2. The number of phenolic OH excluding ortho intramolecular Hbond substituents is 1. The highest BCUT2D eigenvalue weighted by Crippen LogP contribution is 2.67. The number of aromatic hydroxyl groups is 1. The van der Waals surface area contributed by atoms with Crippen LogP contribution in [-0.2, 0) is 9.53 Å². The molecule has 4 aliphatic rings. The third-order valence-electron chi connectivity index (χ3n) is 11.3. The van der Waals surface area contributed by atoms with Crippen LogP contribution in [0.15, 0.2) is 18.2 Å².